The van der Waals surface area contributed by atoms with Gasteiger partial charge in [0.1, 0.15) is 17.0 Å². The molecular weight excluding hydrogens is 422 g/mol. The summed E-state index contributed by atoms with van der Waals surface area (Å²) in [5.41, 5.74) is 0.245. The molecule has 4 rings (SSSR count). The van der Waals surface area contributed by atoms with Crippen molar-refractivity contribution in [3.63, 3.8) is 0 Å². The summed E-state index contributed by atoms with van der Waals surface area (Å²) >= 11 is 0. The first-order chi connectivity index (χ1) is 15.8. The summed E-state index contributed by atoms with van der Waals surface area (Å²) in [7, 11) is 3.21. The van der Waals surface area contributed by atoms with Crippen LogP contribution in [-0.2, 0) is 17.9 Å². The van der Waals surface area contributed by atoms with E-state index in [2.05, 4.69) is 15.7 Å². The number of fused-ring (bicyclic) bond motifs is 1. The molecule has 176 valence electrons. The van der Waals surface area contributed by atoms with Crippen LogP contribution in [-0.4, -0.2) is 58.1 Å². The van der Waals surface area contributed by atoms with Crippen LogP contribution in [0, 0.1) is 0 Å². The summed E-state index contributed by atoms with van der Waals surface area (Å²) in [6.45, 7) is 2.23. The second-order valence-corrected chi connectivity index (χ2v) is 9.05. The largest absolute Gasteiger partial charge is 0.497 e. The van der Waals surface area contributed by atoms with Gasteiger partial charge in [-0.15, -0.1) is 0 Å². The zero-order valence-electron chi connectivity index (χ0n) is 19.4. The molecule has 0 unspecified atom stereocenters. The number of methoxy groups -OCH3 is 1. The van der Waals surface area contributed by atoms with Gasteiger partial charge in [0.2, 0.25) is 5.91 Å². The molecule has 1 atom stereocenters. The minimum atomic E-state index is -1.08. The lowest BCUT2D eigenvalue weighted by atomic mass is 9.92. The van der Waals surface area contributed by atoms with E-state index in [-0.39, 0.29) is 36.0 Å². The number of likely N-dealkylation sites (N-methyl/N-ethyl adjacent to an activating group) is 1. The Balaban J connectivity index is 1.47. The highest BCUT2D eigenvalue weighted by molar-refractivity contribution is 6.01. The number of aromatic nitrogens is 2. The van der Waals surface area contributed by atoms with E-state index in [0.29, 0.717) is 18.0 Å². The van der Waals surface area contributed by atoms with E-state index in [1.165, 1.54) is 22.1 Å². The highest BCUT2D eigenvalue weighted by atomic mass is 16.5. The summed E-state index contributed by atoms with van der Waals surface area (Å²) in [4.78, 5) is 40.4. The second-order valence-electron chi connectivity index (χ2n) is 9.05. The van der Waals surface area contributed by atoms with Crippen LogP contribution in [0.25, 0.3) is 0 Å². The number of nitrogens with zero attached hydrogens (tertiary/aromatic N) is 3. The maximum Gasteiger partial charge on any atom is 0.272 e. The first kappa shape index (κ1) is 22.8. The molecule has 3 amide bonds. The van der Waals surface area contributed by atoms with Gasteiger partial charge in [0.25, 0.3) is 11.8 Å². The first-order valence-electron chi connectivity index (χ1n) is 11.4. The molecule has 0 spiro atoms. The van der Waals surface area contributed by atoms with E-state index in [1.54, 1.807) is 21.1 Å². The zero-order valence-corrected chi connectivity index (χ0v) is 19.4. The fourth-order valence-corrected chi connectivity index (χ4v) is 4.48. The van der Waals surface area contributed by atoms with Crippen molar-refractivity contribution in [1.29, 1.82) is 0 Å². The Kier molecular flexibility index (Phi) is 6.40. The summed E-state index contributed by atoms with van der Waals surface area (Å²) in [5.74, 6) is -0.195. The van der Waals surface area contributed by atoms with E-state index in [0.717, 1.165) is 31.2 Å². The monoisotopic (exact) mass is 453 g/mol. The summed E-state index contributed by atoms with van der Waals surface area (Å²) in [6.07, 6.45) is 5.33. The lowest BCUT2D eigenvalue weighted by Gasteiger charge is -2.41. The van der Waals surface area contributed by atoms with E-state index in [1.807, 2.05) is 24.3 Å². The van der Waals surface area contributed by atoms with Crippen molar-refractivity contribution in [3.8, 4) is 5.75 Å². The highest BCUT2D eigenvalue weighted by Crippen LogP contribution is 2.27. The Hall–Kier alpha value is -3.36. The van der Waals surface area contributed by atoms with E-state index in [4.69, 9.17) is 4.74 Å². The van der Waals surface area contributed by atoms with Crippen molar-refractivity contribution in [2.75, 3.05) is 14.2 Å². The van der Waals surface area contributed by atoms with Crippen LogP contribution in [0.1, 0.15) is 65.6 Å². The predicted octanol–water partition coefficient (Wildman–Crippen LogP) is 2.11. The minimum Gasteiger partial charge on any atom is -0.497 e. The predicted molar refractivity (Wildman–Crippen MR) is 122 cm³/mol. The number of carbonyl (C=O) groups is 3. The fourth-order valence-electron chi connectivity index (χ4n) is 4.48. The van der Waals surface area contributed by atoms with Crippen LogP contribution in [0.3, 0.4) is 0 Å². The molecule has 2 heterocycles. The van der Waals surface area contributed by atoms with Crippen LogP contribution in [0.5, 0.6) is 5.75 Å². The van der Waals surface area contributed by atoms with Crippen molar-refractivity contribution in [1.82, 2.24) is 25.3 Å². The quantitative estimate of drug-likeness (QED) is 0.697. The third-order valence-corrected chi connectivity index (χ3v) is 6.75. The number of ether oxygens (including phenoxy) is 1. The minimum absolute atomic E-state index is 0.142. The normalized spacial score (nSPS) is 20.8. The van der Waals surface area contributed by atoms with Gasteiger partial charge in [0.15, 0.2) is 5.69 Å². The van der Waals surface area contributed by atoms with Crippen molar-refractivity contribution < 1.29 is 19.1 Å². The molecule has 2 N–H and O–H groups in total. The van der Waals surface area contributed by atoms with Crippen LogP contribution in [0.2, 0.25) is 0 Å². The standard InChI is InChI=1S/C24H31N5O4/c1-24(23(32)26-17-9-5-4-6-10-17)15-29-20(22(31)28(24)2)13-19(27-29)21(30)25-14-16-8-7-11-18(12-16)33-3/h7-8,11-13,17H,4-6,9-10,14-15H2,1-3H3,(H,25,30)(H,26,32)/t24-/m0/s1. The Labute approximate surface area is 193 Å². The van der Waals surface area contributed by atoms with Crippen molar-refractivity contribution >= 4 is 17.7 Å². The zero-order chi connectivity index (χ0) is 23.6. The van der Waals surface area contributed by atoms with E-state index < -0.39 is 5.54 Å². The van der Waals surface area contributed by atoms with Crippen molar-refractivity contribution in [2.24, 2.45) is 0 Å². The lowest BCUT2D eigenvalue weighted by molar-refractivity contribution is -0.133. The lowest BCUT2D eigenvalue weighted by Crippen LogP contribution is -2.63. The Morgan fingerprint density at radius 3 is 2.70 bits per heavy atom. The van der Waals surface area contributed by atoms with E-state index in [9.17, 15) is 14.4 Å². The third-order valence-electron chi connectivity index (χ3n) is 6.75. The fraction of sp³-hybridized carbons (Fsp3) is 0.500. The Morgan fingerprint density at radius 1 is 1.21 bits per heavy atom. The van der Waals surface area contributed by atoms with Gasteiger partial charge in [-0.05, 0) is 37.5 Å². The smallest absolute Gasteiger partial charge is 0.272 e. The summed E-state index contributed by atoms with van der Waals surface area (Å²) in [6, 6.07) is 9.03. The number of hydrogen-bond donors (Lipinski definition) is 2. The molecule has 1 aliphatic carbocycles. The topological polar surface area (TPSA) is 106 Å². The molecule has 1 aromatic carbocycles. The molecular formula is C24H31N5O4. The van der Waals surface area contributed by atoms with Crippen LogP contribution in [0.4, 0.5) is 0 Å². The molecule has 1 fully saturated rings. The number of amides is 3. The summed E-state index contributed by atoms with van der Waals surface area (Å²) in [5, 5.41) is 10.3. The van der Waals surface area contributed by atoms with Gasteiger partial charge in [0.05, 0.1) is 13.7 Å². The molecule has 2 aromatic rings. The van der Waals surface area contributed by atoms with Crippen LogP contribution >= 0.6 is 0 Å². The Morgan fingerprint density at radius 2 is 1.97 bits per heavy atom. The first-order valence-corrected chi connectivity index (χ1v) is 11.4. The van der Waals surface area contributed by atoms with Gasteiger partial charge in [-0.3, -0.25) is 19.1 Å². The van der Waals surface area contributed by atoms with Crippen LogP contribution < -0.4 is 15.4 Å². The number of rotatable bonds is 6. The second kappa shape index (κ2) is 9.25. The molecule has 1 aliphatic heterocycles. The molecule has 2 aliphatic rings. The summed E-state index contributed by atoms with van der Waals surface area (Å²) < 4.78 is 6.68. The number of carbonyl (C=O) groups excluding carboxylic acids is 3. The van der Waals surface area contributed by atoms with Gasteiger partial charge in [-0.2, -0.15) is 5.10 Å². The third kappa shape index (κ3) is 4.58. The average molecular weight is 454 g/mol. The van der Waals surface area contributed by atoms with Crippen LogP contribution in [0.15, 0.2) is 30.3 Å². The number of hydrogen-bond acceptors (Lipinski definition) is 5. The van der Waals surface area contributed by atoms with Gasteiger partial charge in [0, 0.05) is 25.7 Å². The molecule has 9 nitrogen and oxygen atoms in total. The molecule has 1 saturated carbocycles. The molecule has 0 bridgehead atoms. The van der Waals surface area contributed by atoms with Crippen molar-refractivity contribution in [2.45, 2.75) is 63.7 Å². The molecule has 0 saturated heterocycles. The van der Waals surface area contributed by atoms with Gasteiger partial charge >= 0.3 is 0 Å². The number of benzene rings is 1. The molecule has 1 aromatic heterocycles. The maximum absolute atomic E-state index is 13.2. The van der Waals surface area contributed by atoms with Gasteiger partial charge in [-0.1, -0.05) is 31.4 Å². The highest BCUT2D eigenvalue weighted by Gasteiger charge is 2.46. The number of nitrogens with one attached hydrogen (secondary N) is 2. The van der Waals surface area contributed by atoms with E-state index >= 15 is 0 Å². The SMILES string of the molecule is COc1cccc(CNC(=O)c2cc3n(n2)C[C@@](C)(C(=O)NC2CCCCC2)N(C)C3=O)c1. The molecule has 9 heteroatoms. The van der Waals surface area contributed by atoms with Gasteiger partial charge < -0.3 is 20.3 Å². The van der Waals surface area contributed by atoms with Gasteiger partial charge in [-0.25, -0.2) is 0 Å². The molecule has 0 radical (unpaired) electrons. The maximum atomic E-state index is 13.2. The Bertz CT molecular complexity index is 1060. The van der Waals surface area contributed by atoms with Crippen molar-refractivity contribution in [3.05, 3.63) is 47.3 Å². The molecule has 33 heavy (non-hydrogen) atoms. The average Bonchev–Trinajstić information content (AvgIpc) is 3.25.